The monoisotopic (exact) mass is 265 g/mol. The quantitative estimate of drug-likeness (QED) is 0.735. The fraction of sp³-hybridized carbons (Fsp3) is 0.625. The second-order valence-electron chi connectivity index (χ2n) is 5.85. The summed E-state index contributed by atoms with van der Waals surface area (Å²) in [5.41, 5.74) is 7.14. The first-order valence-electron chi connectivity index (χ1n) is 6.98. The van der Waals surface area contributed by atoms with Crippen LogP contribution in [0.5, 0.6) is 0 Å². The molecule has 0 amide bonds. The molecule has 0 heterocycles. The molecule has 1 rings (SSSR count). The Morgan fingerprint density at radius 2 is 1.79 bits per heavy atom. The largest absolute Gasteiger partial charge is 0.380 e. The predicted octanol–water partition coefficient (Wildman–Crippen LogP) is 2.78. The van der Waals surface area contributed by atoms with Crippen LogP contribution in [0, 0.1) is 0 Å². The standard InChI is InChI=1S/C16H27NO2/c1-16(2,3)19-13-15(17)12-18-11-7-10-14-8-5-4-6-9-14/h4-6,8-9,15H,7,10-13,17H2,1-3H3/t15-/m0/s1. The lowest BCUT2D eigenvalue weighted by Gasteiger charge is -2.22. The van der Waals surface area contributed by atoms with Crippen LogP contribution in [0.25, 0.3) is 0 Å². The molecule has 1 aromatic rings. The SMILES string of the molecule is CC(C)(C)OC[C@@H](N)COCCCc1ccccc1. The van der Waals surface area contributed by atoms with E-state index in [0.29, 0.717) is 13.2 Å². The van der Waals surface area contributed by atoms with Crippen molar-refractivity contribution < 1.29 is 9.47 Å². The Morgan fingerprint density at radius 1 is 1.11 bits per heavy atom. The van der Waals surface area contributed by atoms with Crippen LogP contribution in [-0.4, -0.2) is 31.5 Å². The molecule has 0 aliphatic rings. The summed E-state index contributed by atoms with van der Waals surface area (Å²) in [6.45, 7) is 7.94. The molecule has 19 heavy (non-hydrogen) atoms. The Morgan fingerprint density at radius 3 is 2.42 bits per heavy atom. The molecule has 0 fully saturated rings. The first-order chi connectivity index (χ1) is 8.97. The van der Waals surface area contributed by atoms with Gasteiger partial charge in [-0.05, 0) is 39.2 Å². The summed E-state index contributed by atoms with van der Waals surface area (Å²) in [7, 11) is 0. The Hall–Kier alpha value is -0.900. The molecule has 0 aliphatic heterocycles. The van der Waals surface area contributed by atoms with E-state index >= 15 is 0 Å². The average molecular weight is 265 g/mol. The third-order valence-corrected chi connectivity index (χ3v) is 2.66. The third-order valence-electron chi connectivity index (χ3n) is 2.66. The van der Waals surface area contributed by atoms with Crippen LogP contribution in [-0.2, 0) is 15.9 Å². The van der Waals surface area contributed by atoms with Crippen LogP contribution < -0.4 is 5.73 Å². The van der Waals surface area contributed by atoms with Gasteiger partial charge in [0.2, 0.25) is 0 Å². The van der Waals surface area contributed by atoms with Gasteiger partial charge >= 0.3 is 0 Å². The van der Waals surface area contributed by atoms with Gasteiger partial charge in [-0.25, -0.2) is 0 Å². The van der Waals surface area contributed by atoms with E-state index in [4.69, 9.17) is 15.2 Å². The highest BCUT2D eigenvalue weighted by Crippen LogP contribution is 2.07. The van der Waals surface area contributed by atoms with Crippen LogP contribution in [0.4, 0.5) is 0 Å². The highest BCUT2D eigenvalue weighted by Gasteiger charge is 2.12. The molecule has 3 heteroatoms. The lowest BCUT2D eigenvalue weighted by molar-refractivity contribution is -0.0221. The maximum Gasteiger partial charge on any atom is 0.0647 e. The zero-order valence-electron chi connectivity index (χ0n) is 12.4. The zero-order chi connectivity index (χ0) is 14.1. The lowest BCUT2D eigenvalue weighted by Crippen LogP contribution is -2.35. The molecule has 0 saturated carbocycles. The summed E-state index contributed by atoms with van der Waals surface area (Å²) in [5.74, 6) is 0. The Bertz CT molecular complexity index is 332. The molecule has 3 nitrogen and oxygen atoms in total. The fourth-order valence-electron chi connectivity index (χ4n) is 1.66. The molecule has 0 radical (unpaired) electrons. The van der Waals surface area contributed by atoms with Gasteiger partial charge in [0, 0.05) is 6.61 Å². The van der Waals surface area contributed by atoms with Crippen molar-refractivity contribution in [3.63, 3.8) is 0 Å². The van der Waals surface area contributed by atoms with Gasteiger partial charge in [-0.15, -0.1) is 0 Å². The van der Waals surface area contributed by atoms with Crippen molar-refractivity contribution in [2.24, 2.45) is 5.73 Å². The second kappa shape index (κ2) is 8.31. The third kappa shape index (κ3) is 8.76. The molecule has 0 aromatic heterocycles. The summed E-state index contributed by atoms with van der Waals surface area (Å²) in [6.07, 6.45) is 2.07. The Kier molecular flexibility index (Phi) is 7.06. The van der Waals surface area contributed by atoms with Crippen LogP contribution in [0.3, 0.4) is 0 Å². The molecule has 0 saturated heterocycles. The summed E-state index contributed by atoms with van der Waals surface area (Å²) in [4.78, 5) is 0. The van der Waals surface area contributed by atoms with Crippen molar-refractivity contribution >= 4 is 0 Å². The zero-order valence-corrected chi connectivity index (χ0v) is 12.4. The molecular formula is C16H27NO2. The van der Waals surface area contributed by atoms with Gasteiger partial charge in [-0.2, -0.15) is 0 Å². The number of rotatable bonds is 8. The van der Waals surface area contributed by atoms with Gasteiger partial charge in [0.25, 0.3) is 0 Å². The number of aryl methyl sites for hydroxylation is 1. The number of hydrogen-bond acceptors (Lipinski definition) is 3. The van der Waals surface area contributed by atoms with E-state index in [9.17, 15) is 0 Å². The van der Waals surface area contributed by atoms with Gasteiger partial charge in [-0.3, -0.25) is 0 Å². The van der Waals surface area contributed by atoms with Gasteiger partial charge in [0.15, 0.2) is 0 Å². The molecule has 0 bridgehead atoms. The topological polar surface area (TPSA) is 44.5 Å². The first-order valence-corrected chi connectivity index (χ1v) is 6.98. The van der Waals surface area contributed by atoms with Crippen LogP contribution in [0.2, 0.25) is 0 Å². The van der Waals surface area contributed by atoms with E-state index in [1.54, 1.807) is 0 Å². The Labute approximate surface area is 117 Å². The molecular weight excluding hydrogens is 238 g/mol. The van der Waals surface area contributed by atoms with E-state index in [1.165, 1.54) is 5.56 Å². The lowest BCUT2D eigenvalue weighted by atomic mass is 10.1. The molecule has 0 aliphatic carbocycles. The van der Waals surface area contributed by atoms with Gasteiger partial charge in [-0.1, -0.05) is 30.3 Å². The first kappa shape index (κ1) is 16.2. The van der Waals surface area contributed by atoms with E-state index in [1.807, 2.05) is 26.8 Å². The Balaban J connectivity index is 2.01. The van der Waals surface area contributed by atoms with Crippen molar-refractivity contribution in [2.45, 2.75) is 45.3 Å². The van der Waals surface area contributed by atoms with Gasteiger partial charge in [0.05, 0.1) is 24.9 Å². The smallest absolute Gasteiger partial charge is 0.0647 e. The number of hydrogen-bond donors (Lipinski definition) is 1. The molecule has 2 N–H and O–H groups in total. The minimum atomic E-state index is -0.134. The van der Waals surface area contributed by atoms with Gasteiger partial charge < -0.3 is 15.2 Å². The number of nitrogens with two attached hydrogens (primary N) is 1. The highest BCUT2D eigenvalue weighted by atomic mass is 16.5. The van der Waals surface area contributed by atoms with Crippen molar-refractivity contribution in [3.05, 3.63) is 35.9 Å². The summed E-state index contributed by atoms with van der Waals surface area (Å²) < 4.78 is 11.2. The molecule has 0 unspecified atom stereocenters. The van der Waals surface area contributed by atoms with E-state index in [2.05, 4.69) is 24.3 Å². The fourth-order valence-corrected chi connectivity index (χ4v) is 1.66. The van der Waals surface area contributed by atoms with Crippen LogP contribution in [0.15, 0.2) is 30.3 Å². The molecule has 108 valence electrons. The van der Waals surface area contributed by atoms with Crippen LogP contribution >= 0.6 is 0 Å². The maximum absolute atomic E-state index is 5.92. The van der Waals surface area contributed by atoms with E-state index < -0.39 is 0 Å². The minimum absolute atomic E-state index is 0.0454. The minimum Gasteiger partial charge on any atom is -0.380 e. The highest BCUT2D eigenvalue weighted by molar-refractivity contribution is 5.14. The maximum atomic E-state index is 5.92. The van der Waals surface area contributed by atoms with E-state index in [-0.39, 0.29) is 11.6 Å². The van der Waals surface area contributed by atoms with Crippen molar-refractivity contribution in [2.75, 3.05) is 19.8 Å². The molecule has 1 atom stereocenters. The number of benzene rings is 1. The normalized spacial score (nSPS) is 13.5. The number of ether oxygens (including phenoxy) is 2. The molecule has 1 aromatic carbocycles. The van der Waals surface area contributed by atoms with E-state index in [0.717, 1.165) is 19.4 Å². The van der Waals surface area contributed by atoms with Crippen molar-refractivity contribution in [3.8, 4) is 0 Å². The summed E-state index contributed by atoms with van der Waals surface area (Å²) >= 11 is 0. The average Bonchev–Trinajstić information content (AvgIpc) is 2.36. The second-order valence-corrected chi connectivity index (χ2v) is 5.85. The van der Waals surface area contributed by atoms with Crippen molar-refractivity contribution in [1.29, 1.82) is 0 Å². The van der Waals surface area contributed by atoms with Crippen LogP contribution in [0.1, 0.15) is 32.8 Å². The summed E-state index contributed by atoms with van der Waals surface area (Å²) in [5, 5.41) is 0. The predicted molar refractivity (Wildman–Crippen MR) is 79.3 cm³/mol. The summed E-state index contributed by atoms with van der Waals surface area (Å²) in [6, 6.07) is 10.4. The van der Waals surface area contributed by atoms with Crippen molar-refractivity contribution in [1.82, 2.24) is 0 Å². The molecule has 0 spiro atoms. The van der Waals surface area contributed by atoms with Gasteiger partial charge in [0.1, 0.15) is 0 Å².